The van der Waals surface area contributed by atoms with E-state index in [0.717, 1.165) is 16.8 Å². The maximum absolute atomic E-state index is 13.2. The van der Waals surface area contributed by atoms with E-state index >= 15 is 0 Å². The molecule has 8 nitrogen and oxygen atoms in total. The number of aliphatic imine (C=N–C) groups is 1. The highest BCUT2D eigenvalue weighted by Crippen LogP contribution is 2.45. The number of carbonyl (C=O) groups excluding carboxylic acids is 1. The number of amides is 1. The number of carbonyl (C=O) groups is 1. The van der Waals surface area contributed by atoms with Crippen LogP contribution in [-0.4, -0.2) is 30.0 Å². The molecular weight excluding hydrogens is 474 g/mol. The van der Waals surface area contributed by atoms with Crippen LogP contribution in [0.25, 0.3) is 0 Å². The minimum atomic E-state index is -3.93. The number of nitrogens with zero attached hydrogens (tertiary/aromatic N) is 3. The molecule has 1 unspecified atom stereocenters. The van der Waals surface area contributed by atoms with E-state index in [2.05, 4.69) is 14.7 Å². The first-order chi connectivity index (χ1) is 17.3. The highest BCUT2D eigenvalue weighted by Gasteiger charge is 2.45. The van der Waals surface area contributed by atoms with Gasteiger partial charge in [-0.05, 0) is 47.9 Å². The van der Waals surface area contributed by atoms with Crippen LogP contribution in [0.2, 0.25) is 0 Å². The second-order valence-corrected chi connectivity index (χ2v) is 10.3. The lowest BCUT2D eigenvalue weighted by Gasteiger charge is -2.36. The Labute approximate surface area is 209 Å². The summed E-state index contributed by atoms with van der Waals surface area (Å²) < 4.78 is 28.1. The van der Waals surface area contributed by atoms with Gasteiger partial charge in [0.1, 0.15) is 5.41 Å². The summed E-state index contributed by atoms with van der Waals surface area (Å²) in [7, 11) is -3.93. The third kappa shape index (κ3) is 4.14. The van der Waals surface area contributed by atoms with Crippen molar-refractivity contribution in [2.75, 3.05) is 4.72 Å². The fourth-order valence-electron chi connectivity index (χ4n) is 4.45. The van der Waals surface area contributed by atoms with Gasteiger partial charge in [-0.2, -0.15) is 0 Å². The smallest absolute Gasteiger partial charge is 0.264 e. The van der Waals surface area contributed by atoms with E-state index in [1.54, 1.807) is 18.2 Å². The van der Waals surface area contributed by atoms with E-state index in [1.807, 2.05) is 55.5 Å². The molecule has 1 amide bonds. The quantitative estimate of drug-likeness (QED) is 0.418. The number of benzene rings is 3. The Morgan fingerprint density at radius 2 is 1.58 bits per heavy atom. The van der Waals surface area contributed by atoms with E-state index in [0.29, 0.717) is 16.8 Å². The zero-order valence-electron chi connectivity index (χ0n) is 19.4. The van der Waals surface area contributed by atoms with Crippen molar-refractivity contribution in [2.24, 2.45) is 10.7 Å². The van der Waals surface area contributed by atoms with Crippen molar-refractivity contribution in [1.29, 1.82) is 0 Å². The number of fused-ring (bicyclic) bond motifs is 1. The minimum Gasteiger partial charge on any atom is -0.369 e. The lowest BCUT2D eigenvalue weighted by molar-refractivity contribution is -0.122. The number of hydrogen-bond acceptors (Lipinski definition) is 6. The molecular formula is C27H23N5O3S. The van der Waals surface area contributed by atoms with E-state index in [4.69, 9.17) is 10.7 Å². The standard InChI is InChI=1S/C27H23N5O3S/c1-18-7-9-19(10-8-18)24-17-27(25(28)33,22-5-2-3-6-23(22)31-24)20-11-13-21(14-12-20)36(34,35)32-26-29-15-4-16-30-26/h2-16H,17H2,1H3,(H2,28,33)(H,29,30,32). The van der Waals surface area contributed by atoms with Gasteiger partial charge in [-0.3, -0.25) is 9.79 Å². The average molecular weight is 498 g/mol. The summed E-state index contributed by atoms with van der Waals surface area (Å²) in [5, 5.41) is 0. The lowest BCUT2D eigenvalue weighted by Crippen LogP contribution is -2.45. The zero-order valence-corrected chi connectivity index (χ0v) is 20.2. The van der Waals surface area contributed by atoms with E-state index in [9.17, 15) is 13.2 Å². The monoisotopic (exact) mass is 497 g/mol. The molecule has 1 aliphatic heterocycles. The molecule has 36 heavy (non-hydrogen) atoms. The maximum atomic E-state index is 13.2. The number of sulfonamides is 1. The summed E-state index contributed by atoms with van der Waals surface area (Å²) in [5.74, 6) is -0.573. The Hall–Kier alpha value is -4.37. The molecule has 0 radical (unpaired) electrons. The summed E-state index contributed by atoms with van der Waals surface area (Å²) in [4.78, 5) is 25.9. The van der Waals surface area contributed by atoms with Crippen molar-refractivity contribution >= 4 is 33.3 Å². The second kappa shape index (κ2) is 9.01. The van der Waals surface area contributed by atoms with Crippen molar-refractivity contribution < 1.29 is 13.2 Å². The van der Waals surface area contributed by atoms with Crippen LogP contribution in [0.3, 0.4) is 0 Å². The summed E-state index contributed by atoms with van der Waals surface area (Å²) in [5.41, 5.74) is 9.52. The van der Waals surface area contributed by atoms with Crippen LogP contribution in [0.4, 0.5) is 11.6 Å². The maximum Gasteiger partial charge on any atom is 0.264 e. The fraction of sp³-hybridized carbons (Fsp3) is 0.111. The number of nitrogens with two attached hydrogens (primary N) is 1. The normalized spacial score (nSPS) is 17.1. The predicted octanol–water partition coefficient (Wildman–Crippen LogP) is 3.88. The van der Waals surface area contributed by atoms with Crippen molar-refractivity contribution in [3.63, 3.8) is 0 Å². The van der Waals surface area contributed by atoms with Crippen molar-refractivity contribution in [3.05, 3.63) is 114 Å². The molecule has 1 aromatic heterocycles. The zero-order chi connectivity index (χ0) is 25.3. The molecule has 0 spiro atoms. The SMILES string of the molecule is Cc1ccc(C2=Nc3ccccc3C(C(N)=O)(c3ccc(S(=O)(=O)Nc4ncccn4)cc3)C2)cc1. The molecule has 3 aromatic carbocycles. The average Bonchev–Trinajstić information content (AvgIpc) is 2.89. The number of nitrogens with one attached hydrogen (secondary N) is 1. The molecule has 9 heteroatoms. The molecule has 1 aliphatic rings. The van der Waals surface area contributed by atoms with Crippen molar-refractivity contribution in [2.45, 2.75) is 23.7 Å². The Balaban J connectivity index is 1.58. The van der Waals surface area contributed by atoms with Gasteiger partial charge in [0.15, 0.2) is 0 Å². The van der Waals surface area contributed by atoms with Crippen LogP contribution in [0.15, 0.2) is 101 Å². The number of hydrogen-bond donors (Lipinski definition) is 2. The second-order valence-electron chi connectivity index (χ2n) is 8.59. The number of anilines is 1. The number of rotatable bonds is 6. The van der Waals surface area contributed by atoms with Gasteiger partial charge >= 0.3 is 0 Å². The van der Waals surface area contributed by atoms with Gasteiger partial charge in [-0.15, -0.1) is 0 Å². The van der Waals surface area contributed by atoms with E-state index in [1.165, 1.54) is 24.5 Å². The third-order valence-electron chi connectivity index (χ3n) is 6.31. The Morgan fingerprint density at radius 1 is 0.917 bits per heavy atom. The van der Waals surface area contributed by atoms with E-state index in [-0.39, 0.29) is 17.3 Å². The molecule has 0 saturated heterocycles. The predicted molar refractivity (Wildman–Crippen MR) is 138 cm³/mol. The van der Waals surface area contributed by atoms with Crippen LogP contribution in [0.1, 0.15) is 28.7 Å². The molecule has 4 aromatic rings. The Kier molecular flexibility index (Phi) is 5.85. The van der Waals surface area contributed by atoms with Crippen LogP contribution >= 0.6 is 0 Å². The lowest BCUT2D eigenvalue weighted by atomic mass is 9.67. The molecule has 0 fully saturated rings. The van der Waals surface area contributed by atoms with Crippen LogP contribution in [0.5, 0.6) is 0 Å². The Morgan fingerprint density at radius 3 is 2.25 bits per heavy atom. The highest BCUT2D eigenvalue weighted by molar-refractivity contribution is 7.92. The number of aryl methyl sites for hydroxylation is 1. The highest BCUT2D eigenvalue weighted by atomic mass is 32.2. The molecule has 0 aliphatic carbocycles. The van der Waals surface area contributed by atoms with Crippen molar-refractivity contribution in [3.8, 4) is 0 Å². The Bertz CT molecular complexity index is 1570. The first-order valence-electron chi connectivity index (χ1n) is 11.2. The third-order valence-corrected chi connectivity index (χ3v) is 7.65. The molecule has 1 atom stereocenters. The van der Waals surface area contributed by atoms with Crippen LogP contribution in [-0.2, 0) is 20.2 Å². The number of para-hydroxylation sites is 1. The van der Waals surface area contributed by atoms with Gasteiger partial charge in [0, 0.05) is 18.8 Å². The van der Waals surface area contributed by atoms with Gasteiger partial charge in [0.2, 0.25) is 11.9 Å². The molecule has 0 bridgehead atoms. The van der Waals surface area contributed by atoms with Gasteiger partial charge in [0.25, 0.3) is 10.0 Å². The van der Waals surface area contributed by atoms with Gasteiger partial charge in [-0.25, -0.2) is 23.1 Å². The number of primary amides is 1. The van der Waals surface area contributed by atoms with Crippen molar-refractivity contribution in [1.82, 2.24) is 9.97 Å². The molecule has 3 N–H and O–H groups in total. The van der Waals surface area contributed by atoms with E-state index < -0.39 is 21.3 Å². The summed E-state index contributed by atoms with van der Waals surface area (Å²) in [6.07, 6.45) is 3.13. The molecule has 0 saturated carbocycles. The summed E-state index contributed by atoms with van der Waals surface area (Å²) in [6, 6.07) is 23.1. The van der Waals surface area contributed by atoms with Gasteiger partial charge in [-0.1, -0.05) is 60.2 Å². The molecule has 180 valence electrons. The first kappa shape index (κ1) is 23.4. The molecule has 5 rings (SSSR count). The van der Waals surface area contributed by atoms with Crippen LogP contribution < -0.4 is 10.5 Å². The fourth-order valence-corrected chi connectivity index (χ4v) is 5.40. The summed E-state index contributed by atoms with van der Waals surface area (Å²) in [6.45, 7) is 2.00. The van der Waals surface area contributed by atoms with Gasteiger partial charge < -0.3 is 5.73 Å². The summed E-state index contributed by atoms with van der Waals surface area (Å²) >= 11 is 0. The van der Waals surface area contributed by atoms with Crippen LogP contribution in [0, 0.1) is 6.92 Å². The largest absolute Gasteiger partial charge is 0.369 e. The first-order valence-corrected chi connectivity index (χ1v) is 12.7. The van der Waals surface area contributed by atoms with Gasteiger partial charge in [0.05, 0.1) is 16.3 Å². The molecule has 2 heterocycles. The minimum absolute atomic E-state index is 0.00911. The number of aromatic nitrogens is 2. The topological polar surface area (TPSA) is 127 Å².